The molecule has 0 saturated carbocycles. The highest BCUT2D eigenvalue weighted by molar-refractivity contribution is 7.98. The number of rotatable bonds is 4. The second-order valence-electron chi connectivity index (χ2n) is 4.63. The Hall–Kier alpha value is -2.07. The van der Waals surface area contributed by atoms with Gasteiger partial charge in [0.15, 0.2) is 10.9 Å². The van der Waals surface area contributed by atoms with E-state index in [1.54, 1.807) is 13.1 Å². The number of alkyl halides is 3. The summed E-state index contributed by atoms with van der Waals surface area (Å²) >= 11 is 6.95. The van der Waals surface area contributed by atoms with Crippen LogP contribution in [0.5, 0.6) is 5.88 Å². The molecule has 6 nitrogen and oxygen atoms in total. The van der Waals surface area contributed by atoms with Crippen molar-refractivity contribution in [2.75, 3.05) is 7.11 Å². The number of carbonyl (C=O) groups excluding carboxylic acids is 1. The van der Waals surface area contributed by atoms with Gasteiger partial charge in [-0.05, 0) is 18.1 Å². The van der Waals surface area contributed by atoms with Crippen molar-refractivity contribution in [2.24, 2.45) is 0 Å². The van der Waals surface area contributed by atoms with Gasteiger partial charge in [0.05, 0.1) is 12.1 Å². The molecule has 25 heavy (non-hydrogen) atoms. The zero-order valence-corrected chi connectivity index (χ0v) is 14.5. The van der Waals surface area contributed by atoms with Crippen LogP contribution in [0.15, 0.2) is 23.6 Å². The van der Waals surface area contributed by atoms with E-state index in [1.807, 2.05) is 0 Å². The molecular formula is C14H11ClF3N3O3S. The summed E-state index contributed by atoms with van der Waals surface area (Å²) in [6.07, 6.45) is -2.89. The van der Waals surface area contributed by atoms with E-state index in [0.29, 0.717) is 16.7 Å². The van der Waals surface area contributed by atoms with E-state index in [4.69, 9.17) is 11.6 Å². The molecule has 2 aromatic heterocycles. The van der Waals surface area contributed by atoms with Crippen molar-refractivity contribution >= 4 is 29.5 Å². The fourth-order valence-corrected chi connectivity index (χ4v) is 3.00. The minimum absolute atomic E-state index is 0.214. The van der Waals surface area contributed by atoms with Crippen molar-refractivity contribution in [3.63, 3.8) is 0 Å². The van der Waals surface area contributed by atoms with Crippen LogP contribution < -0.4 is 4.74 Å². The molecule has 0 spiro atoms. The number of hydrogen-bond donors (Lipinski definition) is 0. The van der Waals surface area contributed by atoms with Crippen LogP contribution >= 0.6 is 23.4 Å². The normalized spacial score (nSPS) is 11.3. The maximum atomic E-state index is 13.0. The Morgan fingerprint density at radius 1 is 1.32 bits per heavy atom. The number of carbonyl (C=O) groups is 1. The first-order chi connectivity index (χ1) is 11.7. The van der Waals surface area contributed by atoms with Crippen molar-refractivity contribution in [2.45, 2.75) is 24.0 Å². The van der Waals surface area contributed by atoms with Crippen LogP contribution in [0.1, 0.15) is 16.8 Å². The van der Waals surface area contributed by atoms with Gasteiger partial charge in [-0.2, -0.15) is 18.2 Å². The molecule has 0 saturated heterocycles. The molecule has 134 valence electrons. The summed E-state index contributed by atoms with van der Waals surface area (Å²) in [4.78, 5) is 22.2. The Kier molecular flexibility index (Phi) is 6.07. The number of methoxy groups -OCH3 is 1. The van der Waals surface area contributed by atoms with Crippen LogP contribution in [-0.2, 0) is 16.7 Å². The van der Waals surface area contributed by atoms with Crippen LogP contribution in [0.2, 0.25) is 5.02 Å². The molecule has 0 radical (unpaired) electrons. The van der Waals surface area contributed by atoms with Crippen molar-refractivity contribution in [3.8, 4) is 5.88 Å². The maximum Gasteiger partial charge on any atom is 0.514 e. The number of nitrogens with zero attached hydrogens (tertiary/aromatic N) is 3. The zero-order valence-electron chi connectivity index (χ0n) is 12.9. The quantitative estimate of drug-likeness (QED) is 0.435. The first kappa shape index (κ1) is 19.3. The minimum atomic E-state index is -4.73. The van der Waals surface area contributed by atoms with Gasteiger partial charge < -0.3 is 9.47 Å². The highest BCUT2D eigenvalue weighted by atomic mass is 35.5. The number of ether oxygens (including phenoxy) is 2. The Balaban J connectivity index is 2.29. The van der Waals surface area contributed by atoms with E-state index in [-0.39, 0.29) is 10.9 Å². The number of halogens is 4. The number of hydrogen-bond acceptors (Lipinski definition) is 7. The predicted molar refractivity (Wildman–Crippen MR) is 83.6 cm³/mol. The molecule has 0 fully saturated rings. The summed E-state index contributed by atoms with van der Waals surface area (Å²) in [6, 6.07) is 0.519. The van der Waals surface area contributed by atoms with E-state index in [2.05, 4.69) is 24.4 Å². The van der Waals surface area contributed by atoms with Crippen molar-refractivity contribution < 1.29 is 27.4 Å². The van der Waals surface area contributed by atoms with Crippen molar-refractivity contribution in [1.82, 2.24) is 15.0 Å². The van der Waals surface area contributed by atoms with E-state index >= 15 is 0 Å². The number of thioether (sulfide) groups is 1. The average molecular weight is 394 g/mol. The Bertz CT molecular complexity index is 769. The zero-order chi connectivity index (χ0) is 18.6. The van der Waals surface area contributed by atoms with Crippen LogP contribution in [0.3, 0.4) is 0 Å². The predicted octanol–water partition coefficient (Wildman–Crippen LogP) is 4.29. The number of aromatic nitrogens is 3. The SMILES string of the molecule is COC(=O)Oc1cc(C(F)(F)F)nc(SCc2c(C)cncc2Cl)n1. The molecule has 0 aromatic carbocycles. The van der Waals surface area contributed by atoms with Gasteiger partial charge in [0.25, 0.3) is 0 Å². The molecule has 0 N–H and O–H groups in total. The van der Waals surface area contributed by atoms with Gasteiger partial charge in [-0.15, -0.1) is 0 Å². The van der Waals surface area contributed by atoms with Crippen LogP contribution in [0.25, 0.3) is 0 Å². The summed E-state index contributed by atoms with van der Waals surface area (Å²) in [6.45, 7) is 1.77. The summed E-state index contributed by atoms with van der Waals surface area (Å²) in [5.41, 5.74) is 0.234. The monoisotopic (exact) mass is 393 g/mol. The fourth-order valence-electron chi connectivity index (χ4n) is 1.67. The van der Waals surface area contributed by atoms with Crippen molar-refractivity contribution in [1.29, 1.82) is 0 Å². The van der Waals surface area contributed by atoms with Crippen molar-refractivity contribution in [3.05, 3.63) is 40.3 Å². The molecule has 2 heterocycles. The summed E-state index contributed by atoms with van der Waals surface area (Å²) in [7, 11) is 1.03. The lowest BCUT2D eigenvalue weighted by atomic mass is 10.2. The lowest BCUT2D eigenvalue weighted by molar-refractivity contribution is -0.141. The van der Waals surface area contributed by atoms with Crippen LogP contribution in [0, 0.1) is 6.92 Å². The van der Waals surface area contributed by atoms with Gasteiger partial charge in [0.1, 0.15) is 0 Å². The van der Waals surface area contributed by atoms with E-state index in [0.717, 1.165) is 24.4 Å². The third-order valence-electron chi connectivity index (χ3n) is 2.89. The molecule has 0 bridgehead atoms. The first-order valence-corrected chi connectivity index (χ1v) is 8.01. The lowest BCUT2D eigenvalue weighted by Crippen LogP contribution is -2.13. The molecule has 0 aliphatic carbocycles. The molecule has 0 atom stereocenters. The largest absolute Gasteiger partial charge is 0.514 e. The van der Waals surface area contributed by atoms with Gasteiger partial charge in [-0.25, -0.2) is 9.78 Å². The fraction of sp³-hybridized carbons (Fsp3) is 0.286. The molecule has 0 aliphatic heterocycles. The highest BCUT2D eigenvalue weighted by Crippen LogP contribution is 2.33. The van der Waals surface area contributed by atoms with Gasteiger partial charge in [-0.1, -0.05) is 23.4 Å². The average Bonchev–Trinajstić information content (AvgIpc) is 2.53. The Morgan fingerprint density at radius 3 is 2.64 bits per heavy atom. The molecule has 2 aromatic rings. The Morgan fingerprint density at radius 2 is 2.04 bits per heavy atom. The molecule has 0 aliphatic rings. The van der Waals surface area contributed by atoms with Gasteiger partial charge in [-0.3, -0.25) is 4.98 Å². The molecule has 0 amide bonds. The van der Waals surface area contributed by atoms with Gasteiger partial charge >= 0.3 is 12.3 Å². The number of pyridine rings is 1. The van der Waals surface area contributed by atoms with E-state index in [9.17, 15) is 18.0 Å². The summed E-state index contributed by atoms with van der Waals surface area (Å²) in [5.74, 6) is -0.346. The van der Waals surface area contributed by atoms with Crippen LogP contribution in [-0.4, -0.2) is 28.2 Å². The van der Waals surface area contributed by atoms with Gasteiger partial charge in [0, 0.05) is 24.2 Å². The lowest BCUT2D eigenvalue weighted by Gasteiger charge is -2.11. The molecule has 2 rings (SSSR count). The molecular weight excluding hydrogens is 383 g/mol. The van der Waals surface area contributed by atoms with Crippen LogP contribution in [0.4, 0.5) is 18.0 Å². The van der Waals surface area contributed by atoms with E-state index < -0.39 is 23.9 Å². The van der Waals surface area contributed by atoms with Gasteiger partial charge in [0.2, 0.25) is 5.88 Å². The maximum absolute atomic E-state index is 13.0. The Labute approximate surface area is 149 Å². The second kappa shape index (κ2) is 7.87. The summed E-state index contributed by atoms with van der Waals surface area (Å²) in [5, 5.41) is 0.159. The standard InChI is InChI=1S/C14H11ClF3N3O3S/c1-7-4-19-5-9(15)8(7)6-25-12-20-10(14(16,17)18)3-11(21-12)24-13(22)23-2/h3-5H,6H2,1-2H3. The smallest absolute Gasteiger partial charge is 0.437 e. The third-order valence-corrected chi connectivity index (χ3v) is 4.09. The second-order valence-corrected chi connectivity index (χ2v) is 5.98. The highest BCUT2D eigenvalue weighted by Gasteiger charge is 2.34. The summed E-state index contributed by atoms with van der Waals surface area (Å²) < 4.78 is 47.7. The minimum Gasteiger partial charge on any atom is -0.437 e. The van der Waals surface area contributed by atoms with E-state index in [1.165, 1.54) is 6.20 Å². The molecule has 0 unspecified atom stereocenters. The third kappa shape index (κ3) is 5.20. The topological polar surface area (TPSA) is 74.2 Å². The first-order valence-electron chi connectivity index (χ1n) is 6.64. The number of aryl methyl sites for hydroxylation is 1. The molecule has 11 heteroatoms.